The van der Waals surface area contributed by atoms with E-state index < -0.39 is 0 Å². The molecule has 3 rings (SSSR count). The maximum atomic E-state index is 12.4. The fourth-order valence-electron chi connectivity index (χ4n) is 2.11. The summed E-state index contributed by atoms with van der Waals surface area (Å²) in [7, 11) is 1.57. The third-order valence-corrected chi connectivity index (χ3v) is 3.31. The number of rotatable bonds is 3. The van der Waals surface area contributed by atoms with Crippen molar-refractivity contribution < 1.29 is 13.6 Å². The van der Waals surface area contributed by atoms with Gasteiger partial charge in [-0.3, -0.25) is 4.79 Å². The molecule has 0 radical (unpaired) electrons. The number of hydrogen-bond acceptors (Lipinski definition) is 4. The van der Waals surface area contributed by atoms with Gasteiger partial charge >= 0.3 is 0 Å². The van der Waals surface area contributed by atoms with Crippen LogP contribution in [0.15, 0.2) is 50.2 Å². The zero-order valence-electron chi connectivity index (χ0n) is 11.8. The Balaban J connectivity index is 2.14. The molecule has 106 valence electrons. The molecule has 4 nitrogen and oxygen atoms in total. The third kappa shape index (κ3) is 2.48. The monoisotopic (exact) mass is 282 g/mol. The van der Waals surface area contributed by atoms with E-state index in [4.69, 9.17) is 13.6 Å². The van der Waals surface area contributed by atoms with Gasteiger partial charge in [0.05, 0.1) is 18.8 Å². The van der Waals surface area contributed by atoms with Crippen LogP contribution >= 0.6 is 0 Å². The quantitative estimate of drug-likeness (QED) is 0.731. The van der Waals surface area contributed by atoms with E-state index >= 15 is 0 Å². The summed E-state index contributed by atoms with van der Waals surface area (Å²) >= 11 is 0. The molecule has 0 saturated carbocycles. The molecule has 0 aliphatic heterocycles. The van der Waals surface area contributed by atoms with E-state index in [2.05, 4.69) is 0 Å². The largest absolute Gasteiger partial charge is 0.497 e. The first-order valence-electron chi connectivity index (χ1n) is 6.52. The number of ether oxygens (including phenoxy) is 1. The molecule has 0 amide bonds. The Hall–Kier alpha value is -2.75. The van der Waals surface area contributed by atoms with Crippen LogP contribution in [-0.2, 0) is 0 Å². The first kappa shape index (κ1) is 13.2. The van der Waals surface area contributed by atoms with Gasteiger partial charge in [-0.2, -0.15) is 0 Å². The fraction of sp³-hybridized carbons (Fsp3) is 0.118. The van der Waals surface area contributed by atoms with Crippen LogP contribution in [0.5, 0.6) is 5.75 Å². The van der Waals surface area contributed by atoms with Crippen LogP contribution in [0.25, 0.3) is 23.1 Å². The van der Waals surface area contributed by atoms with Crippen LogP contribution in [0.3, 0.4) is 0 Å². The number of benzene rings is 1. The van der Waals surface area contributed by atoms with Gasteiger partial charge in [0.25, 0.3) is 0 Å². The lowest BCUT2D eigenvalue weighted by Crippen LogP contribution is -2.07. The minimum atomic E-state index is -0.0435. The molecule has 0 fully saturated rings. The van der Waals surface area contributed by atoms with Gasteiger partial charge in [0.2, 0.25) is 0 Å². The molecule has 0 atom stereocenters. The molecule has 1 aromatic carbocycles. The zero-order chi connectivity index (χ0) is 14.8. The van der Waals surface area contributed by atoms with Gasteiger partial charge in [0.1, 0.15) is 22.9 Å². The van der Waals surface area contributed by atoms with Gasteiger partial charge in [0.15, 0.2) is 5.43 Å². The van der Waals surface area contributed by atoms with E-state index in [1.807, 2.05) is 6.07 Å². The summed E-state index contributed by atoms with van der Waals surface area (Å²) in [5.41, 5.74) is 1.03. The van der Waals surface area contributed by atoms with Crippen molar-refractivity contribution in [2.24, 2.45) is 0 Å². The fourth-order valence-corrected chi connectivity index (χ4v) is 2.11. The van der Waals surface area contributed by atoms with Crippen LogP contribution in [-0.4, -0.2) is 7.11 Å². The van der Waals surface area contributed by atoms with Crippen molar-refractivity contribution >= 4 is 23.1 Å². The standard InChI is InChI=1S/C17H14O4/c1-11-15(8-6-12-4-3-9-20-12)21-16-10-13(19-2)5-7-14(16)17(11)18/h3-10H,1-2H3/b8-6+. The summed E-state index contributed by atoms with van der Waals surface area (Å²) in [5.74, 6) is 1.86. The molecular formula is C17H14O4. The van der Waals surface area contributed by atoms with Gasteiger partial charge in [0, 0.05) is 11.6 Å². The Morgan fingerprint density at radius 2 is 2.05 bits per heavy atom. The molecule has 0 unspecified atom stereocenters. The Morgan fingerprint density at radius 1 is 1.19 bits per heavy atom. The Morgan fingerprint density at radius 3 is 2.76 bits per heavy atom. The molecule has 2 heterocycles. The molecule has 21 heavy (non-hydrogen) atoms. The minimum Gasteiger partial charge on any atom is -0.497 e. The summed E-state index contributed by atoms with van der Waals surface area (Å²) in [4.78, 5) is 12.4. The zero-order valence-corrected chi connectivity index (χ0v) is 11.8. The normalized spacial score (nSPS) is 11.3. The van der Waals surface area contributed by atoms with Crippen LogP contribution in [0.2, 0.25) is 0 Å². The lowest BCUT2D eigenvalue weighted by Gasteiger charge is -2.05. The van der Waals surface area contributed by atoms with Crippen LogP contribution in [0.1, 0.15) is 17.1 Å². The molecular weight excluding hydrogens is 268 g/mol. The van der Waals surface area contributed by atoms with E-state index in [1.54, 1.807) is 56.7 Å². The number of methoxy groups -OCH3 is 1. The number of hydrogen-bond donors (Lipinski definition) is 0. The highest BCUT2D eigenvalue weighted by molar-refractivity contribution is 5.80. The maximum absolute atomic E-state index is 12.4. The van der Waals surface area contributed by atoms with Gasteiger partial charge in [-0.15, -0.1) is 0 Å². The molecule has 2 aromatic heterocycles. The van der Waals surface area contributed by atoms with Crippen molar-refractivity contribution in [1.82, 2.24) is 0 Å². The average Bonchev–Trinajstić information content (AvgIpc) is 3.02. The predicted molar refractivity (Wildman–Crippen MR) is 81.4 cm³/mol. The maximum Gasteiger partial charge on any atom is 0.196 e. The van der Waals surface area contributed by atoms with Gasteiger partial charge in [-0.25, -0.2) is 0 Å². The second-order valence-corrected chi connectivity index (χ2v) is 4.63. The SMILES string of the molecule is COc1ccc2c(=O)c(C)c(/C=C/c3ccco3)oc2c1. The highest BCUT2D eigenvalue weighted by Crippen LogP contribution is 2.22. The molecule has 0 spiro atoms. The Kier molecular flexibility index (Phi) is 3.36. The van der Waals surface area contributed by atoms with Crippen molar-refractivity contribution in [3.63, 3.8) is 0 Å². The summed E-state index contributed by atoms with van der Waals surface area (Å²) in [5, 5.41) is 0.545. The highest BCUT2D eigenvalue weighted by atomic mass is 16.5. The van der Waals surface area contributed by atoms with Gasteiger partial charge in [-0.05, 0) is 43.3 Å². The molecule has 0 aliphatic carbocycles. The topological polar surface area (TPSA) is 52.6 Å². The summed E-state index contributed by atoms with van der Waals surface area (Å²) < 4.78 is 16.2. The molecule has 0 N–H and O–H groups in total. The van der Waals surface area contributed by atoms with Gasteiger partial charge in [-0.1, -0.05) is 0 Å². The predicted octanol–water partition coefficient (Wildman–Crippen LogP) is 3.87. The van der Waals surface area contributed by atoms with Crippen molar-refractivity contribution in [2.45, 2.75) is 6.92 Å². The second kappa shape index (κ2) is 5.32. The number of furan rings is 1. The van der Waals surface area contributed by atoms with Crippen LogP contribution in [0, 0.1) is 6.92 Å². The van der Waals surface area contributed by atoms with Crippen molar-refractivity contribution in [3.05, 3.63) is 63.9 Å². The number of fused-ring (bicyclic) bond motifs is 1. The summed E-state index contributed by atoms with van der Waals surface area (Å²) in [6, 6.07) is 8.80. The van der Waals surface area contributed by atoms with Crippen LogP contribution in [0.4, 0.5) is 0 Å². The second-order valence-electron chi connectivity index (χ2n) is 4.63. The molecule has 4 heteroatoms. The first-order chi connectivity index (χ1) is 10.2. The molecule has 0 saturated heterocycles. The van der Waals surface area contributed by atoms with E-state index in [0.29, 0.717) is 33.8 Å². The van der Waals surface area contributed by atoms with Crippen LogP contribution < -0.4 is 10.2 Å². The lowest BCUT2D eigenvalue weighted by atomic mass is 10.1. The van der Waals surface area contributed by atoms with Gasteiger partial charge < -0.3 is 13.6 Å². The Bertz CT molecular complexity index is 854. The average molecular weight is 282 g/mol. The Labute approximate surface area is 121 Å². The van der Waals surface area contributed by atoms with E-state index in [9.17, 15) is 4.79 Å². The summed E-state index contributed by atoms with van der Waals surface area (Å²) in [6.45, 7) is 1.75. The minimum absolute atomic E-state index is 0.0435. The molecule has 3 aromatic rings. The van der Waals surface area contributed by atoms with E-state index in [0.717, 1.165) is 0 Å². The summed E-state index contributed by atoms with van der Waals surface area (Å²) in [6.07, 6.45) is 5.08. The lowest BCUT2D eigenvalue weighted by molar-refractivity contribution is 0.414. The van der Waals surface area contributed by atoms with E-state index in [1.165, 1.54) is 0 Å². The van der Waals surface area contributed by atoms with Crippen molar-refractivity contribution in [3.8, 4) is 5.75 Å². The molecule has 0 bridgehead atoms. The van der Waals surface area contributed by atoms with Crippen molar-refractivity contribution in [2.75, 3.05) is 7.11 Å². The smallest absolute Gasteiger partial charge is 0.196 e. The third-order valence-electron chi connectivity index (χ3n) is 3.31. The van der Waals surface area contributed by atoms with Crippen molar-refractivity contribution in [1.29, 1.82) is 0 Å². The molecule has 0 aliphatic rings. The first-order valence-corrected chi connectivity index (χ1v) is 6.52. The van der Waals surface area contributed by atoms with E-state index in [-0.39, 0.29) is 5.43 Å². The highest BCUT2D eigenvalue weighted by Gasteiger charge is 2.09.